The van der Waals surface area contributed by atoms with Gasteiger partial charge in [-0.25, -0.2) is 0 Å². The van der Waals surface area contributed by atoms with E-state index in [0.717, 1.165) is 17.6 Å². The van der Waals surface area contributed by atoms with Gasteiger partial charge in [0, 0.05) is 6.54 Å². The predicted molar refractivity (Wildman–Crippen MR) is 71.7 cm³/mol. The fourth-order valence-electron chi connectivity index (χ4n) is 2.46. The molecule has 0 aliphatic carbocycles. The van der Waals surface area contributed by atoms with Gasteiger partial charge in [-0.2, -0.15) is 12.6 Å². The van der Waals surface area contributed by atoms with Gasteiger partial charge in [-0.05, 0) is 56.4 Å². The second kappa shape index (κ2) is 7.56. The molecule has 0 N–H and O–H groups in total. The number of nitrogens with zero attached hydrogens (tertiary/aromatic N) is 1. The molecule has 15 heavy (non-hydrogen) atoms. The molecule has 0 aromatic rings. The van der Waals surface area contributed by atoms with Gasteiger partial charge in [-0.3, -0.25) is 0 Å². The van der Waals surface area contributed by atoms with Crippen molar-refractivity contribution < 1.29 is 0 Å². The van der Waals surface area contributed by atoms with Gasteiger partial charge in [0.25, 0.3) is 0 Å². The summed E-state index contributed by atoms with van der Waals surface area (Å²) >= 11 is 4.30. The fourth-order valence-corrected chi connectivity index (χ4v) is 2.90. The Hall–Kier alpha value is 0.310. The van der Waals surface area contributed by atoms with E-state index in [0.29, 0.717) is 0 Å². The second-order valence-electron chi connectivity index (χ2n) is 5.12. The molecule has 0 saturated carbocycles. The van der Waals surface area contributed by atoms with Crippen molar-refractivity contribution in [1.29, 1.82) is 0 Å². The van der Waals surface area contributed by atoms with Crippen LogP contribution in [0.3, 0.4) is 0 Å². The summed E-state index contributed by atoms with van der Waals surface area (Å²) in [6.45, 7) is 8.69. The minimum absolute atomic E-state index is 0.851. The van der Waals surface area contributed by atoms with Crippen LogP contribution < -0.4 is 0 Å². The molecule has 0 radical (unpaired) electrons. The first-order chi connectivity index (χ1) is 7.26. The number of hydrogen-bond acceptors (Lipinski definition) is 2. The molecular weight excluding hydrogens is 202 g/mol. The molecule has 2 heteroatoms. The molecule has 0 aromatic heterocycles. The average molecular weight is 229 g/mol. The molecule has 0 aromatic carbocycles. The molecule has 2 unspecified atom stereocenters. The Bertz CT molecular complexity index is 161. The molecule has 1 heterocycles. The highest BCUT2D eigenvalue weighted by Crippen LogP contribution is 2.20. The fraction of sp³-hybridized carbons (Fsp3) is 1.00. The van der Waals surface area contributed by atoms with Gasteiger partial charge in [0.15, 0.2) is 0 Å². The van der Waals surface area contributed by atoms with Gasteiger partial charge >= 0.3 is 0 Å². The maximum atomic E-state index is 4.30. The third kappa shape index (κ3) is 5.26. The summed E-state index contributed by atoms with van der Waals surface area (Å²) < 4.78 is 0. The van der Waals surface area contributed by atoms with Crippen molar-refractivity contribution in [3.05, 3.63) is 0 Å². The second-order valence-corrected chi connectivity index (χ2v) is 5.57. The van der Waals surface area contributed by atoms with E-state index in [1.165, 1.54) is 51.7 Å². The van der Waals surface area contributed by atoms with Crippen LogP contribution in [0.4, 0.5) is 0 Å². The minimum Gasteiger partial charge on any atom is -0.303 e. The standard InChI is InChI=1S/C13H27NS/c1-3-13-5-4-8-14(11-13)9-6-12(2)7-10-15/h12-13,15H,3-11H2,1-2H3. The van der Waals surface area contributed by atoms with Crippen LogP contribution in [-0.4, -0.2) is 30.3 Å². The SMILES string of the molecule is CCC1CCCN(CCC(C)CCS)C1. The summed E-state index contributed by atoms with van der Waals surface area (Å²) in [5.41, 5.74) is 0. The Morgan fingerprint density at radius 3 is 2.87 bits per heavy atom. The molecule has 2 atom stereocenters. The lowest BCUT2D eigenvalue weighted by molar-refractivity contribution is 0.163. The van der Waals surface area contributed by atoms with Gasteiger partial charge in [-0.1, -0.05) is 20.3 Å². The molecular formula is C13H27NS. The summed E-state index contributed by atoms with van der Waals surface area (Å²) in [6.07, 6.45) is 6.87. The van der Waals surface area contributed by atoms with E-state index in [1.54, 1.807) is 0 Å². The van der Waals surface area contributed by atoms with Crippen LogP contribution in [0.15, 0.2) is 0 Å². The third-order valence-corrected chi connectivity index (χ3v) is 4.00. The lowest BCUT2D eigenvalue weighted by Gasteiger charge is -2.32. The van der Waals surface area contributed by atoms with Crippen LogP contribution in [0, 0.1) is 11.8 Å². The number of rotatable bonds is 6. The maximum Gasteiger partial charge on any atom is 0.000956 e. The van der Waals surface area contributed by atoms with Gasteiger partial charge in [0.05, 0.1) is 0 Å². The third-order valence-electron chi connectivity index (χ3n) is 3.74. The zero-order valence-corrected chi connectivity index (χ0v) is 11.3. The molecule has 1 fully saturated rings. The Morgan fingerprint density at radius 2 is 2.20 bits per heavy atom. The maximum absolute atomic E-state index is 4.30. The van der Waals surface area contributed by atoms with Crippen molar-refractivity contribution in [3.63, 3.8) is 0 Å². The Labute approximate surface area is 101 Å². The van der Waals surface area contributed by atoms with Gasteiger partial charge in [0.2, 0.25) is 0 Å². The molecule has 0 amide bonds. The van der Waals surface area contributed by atoms with Crippen LogP contribution in [0.25, 0.3) is 0 Å². The van der Waals surface area contributed by atoms with Crippen LogP contribution >= 0.6 is 12.6 Å². The van der Waals surface area contributed by atoms with Crippen LogP contribution in [-0.2, 0) is 0 Å². The zero-order chi connectivity index (χ0) is 11.1. The Kier molecular flexibility index (Phi) is 6.74. The molecule has 0 bridgehead atoms. The van der Waals surface area contributed by atoms with Crippen molar-refractivity contribution in [2.75, 3.05) is 25.4 Å². The average Bonchev–Trinajstić information content (AvgIpc) is 2.27. The van der Waals surface area contributed by atoms with Crippen molar-refractivity contribution in [1.82, 2.24) is 4.90 Å². The molecule has 1 aliphatic rings. The normalized spacial score (nSPS) is 25.4. The van der Waals surface area contributed by atoms with Crippen molar-refractivity contribution in [2.24, 2.45) is 11.8 Å². The van der Waals surface area contributed by atoms with Crippen molar-refractivity contribution in [3.8, 4) is 0 Å². The van der Waals surface area contributed by atoms with E-state index in [9.17, 15) is 0 Å². The smallest absolute Gasteiger partial charge is 0.000956 e. The summed E-state index contributed by atoms with van der Waals surface area (Å²) in [5.74, 6) is 2.86. The lowest BCUT2D eigenvalue weighted by Crippen LogP contribution is -2.36. The first-order valence-electron chi connectivity index (χ1n) is 6.59. The zero-order valence-electron chi connectivity index (χ0n) is 10.4. The summed E-state index contributed by atoms with van der Waals surface area (Å²) in [7, 11) is 0. The van der Waals surface area contributed by atoms with E-state index < -0.39 is 0 Å². The highest BCUT2D eigenvalue weighted by molar-refractivity contribution is 7.80. The summed E-state index contributed by atoms with van der Waals surface area (Å²) in [4.78, 5) is 2.67. The molecule has 1 nitrogen and oxygen atoms in total. The highest BCUT2D eigenvalue weighted by Gasteiger charge is 2.18. The lowest BCUT2D eigenvalue weighted by atomic mass is 9.95. The van der Waals surface area contributed by atoms with E-state index in [4.69, 9.17) is 0 Å². The molecule has 0 spiro atoms. The monoisotopic (exact) mass is 229 g/mol. The molecule has 1 aliphatic heterocycles. The largest absolute Gasteiger partial charge is 0.303 e. The van der Waals surface area contributed by atoms with Gasteiger partial charge in [0.1, 0.15) is 0 Å². The van der Waals surface area contributed by atoms with Crippen LogP contribution in [0.2, 0.25) is 0 Å². The minimum atomic E-state index is 0.851. The predicted octanol–water partition coefficient (Wildman–Crippen LogP) is 3.45. The van der Waals surface area contributed by atoms with E-state index in [1.807, 2.05) is 0 Å². The highest BCUT2D eigenvalue weighted by atomic mass is 32.1. The Morgan fingerprint density at radius 1 is 1.40 bits per heavy atom. The number of hydrogen-bond donors (Lipinski definition) is 1. The molecule has 1 saturated heterocycles. The summed E-state index contributed by atoms with van der Waals surface area (Å²) in [6, 6.07) is 0. The first-order valence-corrected chi connectivity index (χ1v) is 7.22. The number of piperidine rings is 1. The van der Waals surface area contributed by atoms with E-state index in [-0.39, 0.29) is 0 Å². The Balaban J connectivity index is 2.14. The van der Waals surface area contributed by atoms with Gasteiger partial charge in [-0.15, -0.1) is 0 Å². The number of thiol groups is 1. The van der Waals surface area contributed by atoms with Crippen LogP contribution in [0.1, 0.15) is 46.0 Å². The van der Waals surface area contributed by atoms with Crippen LogP contribution in [0.5, 0.6) is 0 Å². The molecule has 90 valence electrons. The quantitative estimate of drug-likeness (QED) is 0.683. The first kappa shape index (κ1) is 13.4. The van der Waals surface area contributed by atoms with Crippen molar-refractivity contribution in [2.45, 2.75) is 46.0 Å². The summed E-state index contributed by atoms with van der Waals surface area (Å²) in [5, 5.41) is 0. The van der Waals surface area contributed by atoms with E-state index in [2.05, 4.69) is 31.4 Å². The van der Waals surface area contributed by atoms with E-state index >= 15 is 0 Å². The number of likely N-dealkylation sites (tertiary alicyclic amines) is 1. The molecule has 1 rings (SSSR count). The van der Waals surface area contributed by atoms with Crippen molar-refractivity contribution >= 4 is 12.6 Å². The topological polar surface area (TPSA) is 3.24 Å². The van der Waals surface area contributed by atoms with Gasteiger partial charge < -0.3 is 4.90 Å².